The lowest BCUT2D eigenvalue weighted by molar-refractivity contribution is -0.134. The van der Waals surface area contributed by atoms with E-state index in [0.29, 0.717) is 42.4 Å². The number of amides is 3. The first kappa shape index (κ1) is 44.1. The van der Waals surface area contributed by atoms with Gasteiger partial charge in [0.25, 0.3) is 12.3 Å². The molecule has 0 spiro atoms. The van der Waals surface area contributed by atoms with Gasteiger partial charge in [0, 0.05) is 87.5 Å². The molecule has 0 bridgehead atoms. The van der Waals surface area contributed by atoms with E-state index < -0.39 is 65.8 Å². The average Bonchev–Trinajstić information content (AvgIpc) is 3.94. The van der Waals surface area contributed by atoms with Gasteiger partial charge in [-0.25, -0.2) is 27.5 Å². The number of hydrogen-bond acceptors (Lipinski definition) is 11. The molecule has 1 atom stereocenters. The fourth-order valence-corrected chi connectivity index (χ4v) is 9.43. The van der Waals surface area contributed by atoms with Crippen LogP contribution >= 0.6 is 0 Å². The fraction of sp³-hybridized carbons (Fsp3) is 0.524. The molecule has 3 saturated heterocycles. The number of carbonyl (C=O) groups is 3. The monoisotopic (exact) mass is 888 g/mol. The number of primary amides is 1. The number of pyridine rings is 1. The summed E-state index contributed by atoms with van der Waals surface area (Å²) in [6.07, 6.45) is -0.0508. The van der Waals surface area contributed by atoms with E-state index in [1.165, 1.54) is 41.3 Å². The molecule has 63 heavy (non-hydrogen) atoms. The minimum absolute atomic E-state index is 0.0263. The van der Waals surface area contributed by atoms with E-state index in [0.717, 1.165) is 64.7 Å². The highest BCUT2D eigenvalue weighted by Crippen LogP contribution is 2.40. The minimum atomic E-state index is -4.80. The fourth-order valence-electron chi connectivity index (χ4n) is 9.43. The van der Waals surface area contributed by atoms with E-state index in [2.05, 4.69) is 30.2 Å². The maximum atomic E-state index is 15.2. The van der Waals surface area contributed by atoms with E-state index in [9.17, 15) is 36.3 Å². The van der Waals surface area contributed by atoms with E-state index >= 15 is 8.78 Å². The number of nitrogens with one attached hydrogen (secondary N) is 1. The third kappa shape index (κ3) is 9.98. The quantitative estimate of drug-likeness (QED) is 0.118. The number of oxazole rings is 1. The van der Waals surface area contributed by atoms with Gasteiger partial charge in [-0.2, -0.15) is 18.3 Å². The van der Waals surface area contributed by atoms with Crippen molar-refractivity contribution in [1.82, 2.24) is 34.9 Å². The van der Waals surface area contributed by atoms with Crippen LogP contribution in [0.3, 0.4) is 0 Å². The summed E-state index contributed by atoms with van der Waals surface area (Å²) in [5, 5.41) is 6.30. The van der Waals surface area contributed by atoms with Crippen LogP contribution in [0.1, 0.15) is 91.5 Å². The van der Waals surface area contributed by atoms with Crippen molar-refractivity contribution in [3.8, 4) is 11.5 Å². The van der Waals surface area contributed by atoms with Crippen molar-refractivity contribution in [3.63, 3.8) is 0 Å². The zero-order valence-corrected chi connectivity index (χ0v) is 34.2. The van der Waals surface area contributed by atoms with Crippen LogP contribution in [0.2, 0.25) is 0 Å². The number of rotatable bonds is 12. The lowest BCUT2D eigenvalue weighted by Gasteiger charge is -2.43. The number of hydrogen-bond donors (Lipinski definition) is 2. The molecule has 0 unspecified atom stereocenters. The van der Waals surface area contributed by atoms with Crippen LogP contribution in [0, 0.1) is 17.6 Å². The molecule has 4 fully saturated rings. The Balaban J connectivity index is 0.839. The lowest BCUT2D eigenvalue weighted by Crippen LogP contribution is -2.52. The second-order valence-electron chi connectivity index (χ2n) is 16.7. The lowest BCUT2D eigenvalue weighted by atomic mass is 9.89. The zero-order valence-electron chi connectivity index (χ0n) is 34.2. The summed E-state index contributed by atoms with van der Waals surface area (Å²) in [6, 6.07) is 5.10. The second kappa shape index (κ2) is 18.3. The maximum absolute atomic E-state index is 15.2. The highest BCUT2D eigenvalue weighted by atomic mass is 19.4. The number of imide groups is 1. The SMILES string of the molecule is NC(=O)c1coc(-c2ccnc(N(CC(F)(F)F)c3cn(C4CCC(N5CCN(CC6CCN(c7cc(F)c([C@H]8CCC(=O)NC8=O)c(F)c7)CC6)CC5)CC4)nc3C(F)F)c2)n1. The Kier molecular flexibility index (Phi) is 12.8. The van der Waals surface area contributed by atoms with Crippen LogP contribution in [0.4, 0.5) is 47.9 Å². The smallest absolute Gasteiger partial charge is 0.406 e. The van der Waals surface area contributed by atoms with Crippen molar-refractivity contribution in [3.05, 3.63) is 71.5 Å². The molecule has 338 valence electrons. The number of nitrogens with two attached hydrogens (primary N) is 1. The summed E-state index contributed by atoms with van der Waals surface area (Å²) in [5.41, 5.74) is 4.09. The molecule has 1 aliphatic carbocycles. The Morgan fingerprint density at radius 2 is 1.62 bits per heavy atom. The van der Waals surface area contributed by atoms with Gasteiger partial charge in [-0.1, -0.05) is 0 Å². The van der Waals surface area contributed by atoms with Crippen LogP contribution in [0.15, 0.2) is 47.3 Å². The first-order valence-corrected chi connectivity index (χ1v) is 21.1. The molecular formula is C42H47F7N10O4. The summed E-state index contributed by atoms with van der Waals surface area (Å²) >= 11 is 0. The number of alkyl halides is 5. The molecule has 21 heteroatoms. The highest BCUT2D eigenvalue weighted by Gasteiger charge is 2.38. The molecule has 3 aromatic heterocycles. The van der Waals surface area contributed by atoms with Gasteiger partial charge in [0.15, 0.2) is 11.4 Å². The zero-order chi connectivity index (χ0) is 44.6. The predicted octanol–water partition coefficient (Wildman–Crippen LogP) is 6.49. The van der Waals surface area contributed by atoms with Crippen molar-refractivity contribution in [1.29, 1.82) is 0 Å². The van der Waals surface area contributed by atoms with Gasteiger partial charge in [-0.05, 0) is 75.1 Å². The van der Waals surface area contributed by atoms with E-state index in [1.54, 1.807) is 0 Å². The van der Waals surface area contributed by atoms with Crippen molar-refractivity contribution < 1.29 is 49.5 Å². The van der Waals surface area contributed by atoms with Gasteiger partial charge >= 0.3 is 6.18 Å². The van der Waals surface area contributed by atoms with Gasteiger partial charge in [0.05, 0.1) is 17.6 Å². The van der Waals surface area contributed by atoms with Crippen molar-refractivity contribution in [2.24, 2.45) is 11.7 Å². The van der Waals surface area contributed by atoms with Crippen LogP contribution in [-0.2, 0) is 9.59 Å². The maximum Gasteiger partial charge on any atom is 0.406 e. The van der Waals surface area contributed by atoms with E-state index in [4.69, 9.17) is 10.2 Å². The van der Waals surface area contributed by atoms with E-state index in [1.807, 2.05) is 4.90 Å². The predicted molar refractivity (Wildman–Crippen MR) is 214 cm³/mol. The minimum Gasteiger partial charge on any atom is -0.444 e. The van der Waals surface area contributed by atoms with Crippen molar-refractivity contribution >= 4 is 34.9 Å². The van der Waals surface area contributed by atoms with Gasteiger partial charge in [0.2, 0.25) is 17.7 Å². The topological polar surface area (TPSA) is 159 Å². The van der Waals surface area contributed by atoms with Crippen molar-refractivity contribution in [2.45, 2.75) is 82.0 Å². The normalized spacial score (nSPS) is 22.2. The molecule has 8 rings (SSSR count). The number of halogens is 7. The van der Waals surface area contributed by atoms with Crippen LogP contribution < -0.4 is 20.9 Å². The molecule has 4 aliphatic rings. The number of benzene rings is 1. The highest BCUT2D eigenvalue weighted by molar-refractivity contribution is 6.01. The molecule has 1 saturated carbocycles. The summed E-state index contributed by atoms with van der Waals surface area (Å²) in [4.78, 5) is 50.8. The number of aromatic nitrogens is 4. The van der Waals surface area contributed by atoms with Crippen LogP contribution in [-0.4, -0.2) is 112 Å². The number of anilines is 3. The molecule has 1 aromatic carbocycles. The number of nitrogens with zero attached hydrogens (tertiary/aromatic N) is 8. The second-order valence-corrected chi connectivity index (χ2v) is 16.7. The van der Waals surface area contributed by atoms with Gasteiger partial charge < -0.3 is 24.9 Å². The molecule has 4 aromatic rings. The van der Waals surface area contributed by atoms with Crippen molar-refractivity contribution in [2.75, 3.05) is 62.2 Å². The first-order chi connectivity index (χ1) is 30.1. The third-order valence-electron chi connectivity index (χ3n) is 12.7. The Labute approximate surface area is 357 Å². The van der Waals surface area contributed by atoms with Crippen LogP contribution in [0.25, 0.3) is 11.5 Å². The van der Waals surface area contributed by atoms with Gasteiger partial charge in [-0.15, -0.1) is 0 Å². The Bertz CT molecular complexity index is 2270. The summed E-state index contributed by atoms with van der Waals surface area (Å²) in [7, 11) is 0. The summed E-state index contributed by atoms with van der Waals surface area (Å²) in [5.74, 6) is -4.65. The first-order valence-electron chi connectivity index (χ1n) is 21.1. The Morgan fingerprint density at radius 1 is 0.937 bits per heavy atom. The molecule has 6 heterocycles. The third-order valence-corrected chi connectivity index (χ3v) is 12.7. The van der Waals surface area contributed by atoms with Gasteiger partial charge in [-0.3, -0.25) is 29.3 Å². The molecule has 3 amide bonds. The molecule has 14 nitrogen and oxygen atoms in total. The largest absolute Gasteiger partial charge is 0.444 e. The molecule has 0 radical (unpaired) electrons. The Morgan fingerprint density at radius 3 is 2.24 bits per heavy atom. The standard InChI is InChI=1S/C42H47F7N10O4/c43-30-18-28(19-31(44)36(30)29-5-6-35(60)53-40(29)62)56-11-8-24(9-12-56)20-55-13-15-57(16-14-55)26-1-3-27(4-2-26)59-21-33(37(54-59)38(45)46)58(23-42(47,48)49)34-17-25(7-10-51-34)41-52-32(22-63-41)39(50)61/h7,10,17-19,21-22,24,26-27,29,38H,1-6,8-9,11-16,20,23H2,(H2,50,61)(H,53,60,62)/t26?,27?,29-/m1/s1. The molecule has 3 aliphatic heterocycles. The summed E-state index contributed by atoms with van der Waals surface area (Å²) in [6.45, 7) is 3.98. The number of carbonyl (C=O) groups excluding carboxylic acids is 3. The number of piperazine rings is 1. The van der Waals surface area contributed by atoms with E-state index in [-0.39, 0.29) is 53.5 Å². The molecule has 3 N–H and O–H groups in total. The molecular weight excluding hydrogens is 842 g/mol. The average molecular weight is 889 g/mol. The van der Waals surface area contributed by atoms with Gasteiger partial charge in [0.1, 0.15) is 30.3 Å². The summed E-state index contributed by atoms with van der Waals surface area (Å²) < 4.78 is 108. The Hall–Kier alpha value is -5.57. The van der Waals surface area contributed by atoms with Crippen LogP contribution in [0.5, 0.6) is 0 Å². The number of piperidine rings is 2.